The number of hydrogen-bond acceptors (Lipinski definition) is 4. The molecule has 34 heavy (non-hydrogen) atoms. The number of H-pyrrole nitrogens is 1. The molecule has 4 rings (SSSR count). The van der Waals surface area contributed by atoms with Gasteiger partial charge >= 0.3 is 12.3 Å². The number of halogens is 3. The Labute approximate surface area is 192 Å². The van der Waals surface area contributed by atoms with Crippen molar-refractivity contribution in [1.82, 2.24) is 4.98 Å². The number of alkyl halides is 3. The summed E-state index contributed by atoms with van der Waals surface area (Å²) in [7, 11) is 0. The first-order valence-corrected chi connectivity index (χ1v) is 10.3. The molecule has 4 aromatic rings. The second kappa shape index (κ2) is 9.01. The molecule has 0 fully saturated rings. The van der Waals surface area contributed by atoms with Crippen LogP contribution in [0.1, 0.15) is 24.3 Å². The summed E-state index contributed by atoms with van der Waals surface area (Å²) >= 11 is 0. The largest absolute Gasteiger partial charge is 0.573 e. The van der Waals surface area contributed by atoms with Gasteiger partial charge in [-0.3, -0.25) is 0 Å². The first-order valence-electron chi connectivity index (χ1n) is 10.3. The van der Waals surface area contributed by atoms with Gasteiger partial charge in [-0.2, -0.15) is 0 Å². The van der Waals surface area contributed by atoms with Gasteiger partial charge in [0.2, 0.25) is 0 Å². The van der Waals surface area contributed by atoms with Crippen molar-refractivity contribution >= 4 is 16.9 Å². The summed E-state index contributed by atoms with van der Waals surface area (Å²) in [5.74, 6) is -0.137. The van der Waals surface area contributed by atoms with Crippen molar-refractivity contribution in [3.05, 3.63) is 72.4 Å². The van der Waals surface area contributed by atoms with Crippen LogP contribution in [0.4, 0.5) is 13.2 Å². The van der Waals surface area contributed by atoms with E-state index in [2.05, 4.69) is 9.72 Å². The minimum absolute atomic E-state index is 0.00215. The SMILES string of the molecule is CC(C)Oc1ccc(-c2c(C(=O)O)[nH]c3ccc(Oc4ccc(OC(F)(F)F)cc4)cc23)cc1. The van der Waals surface area contributed by atoms with Crippen LogP contribution < -0.4 is 14.2 Å². The predicted molar refractivity (Wildman–Crippen MR) is 120 cm³/mol. The van der Waals surface area contributed by atoms with Crippen LogP contribution in [0.2, 0.25) is 0 Å². The summed E-state index contributed by atoms with van der Waals surface area (Å²) in [6.07, 6.45) is -4.78. The number of aromatic nitrogens is 1. The molecule has 0 amide bonds. The van der Waals surface area contributed by atoms with Gasteiger partial charge in [-0.15, -0.1) is 13.2 Å². The molecule has 0 aliphatic heterocycles. The lowest BCUT2D eigenvalue weighted by molar-refractivity contribution is -0.274. The summed E-state index contributed by atoms with van der Waals surface area (Å²) in [6.45, 7) is 3.82. The summed E-state index contributed by atoms with van der Waals surface area (Å²) in [4.78, 5) is 14.8. The molecule has 0 bridgehead atoms. The van der Waals surface area contributed by atoms with Crippen molar-refractivity contribution < 1.29 is 37.3 Å². The lowest BCUT2D eigenvalue weighted by Crippen LogP contribution is -2.16. The van der Waals surface area contributed by atoms with Gasteiger partial charge in [0.05, 0.1) is 6.10 Å². The molecule has 0 saturated carbocycles. The molecule has 0 spiro atoms. The molecule has 0 atom stereocenters. The van der Waals surface area contributed by atoms with E-state index in [0.29, 0.717) is 39.3 Å². The fourth-order valence-electron chi connectivity index (χ4n) is 3.51. The molecule has 2 N–H and O–H groups in total. The van der Waals surface area contributed by atoms with Crippen LogP contribution in [0, 0.1) is 0 Å². The number of rotatable bonds is 7. The molecule has 1 heterocycles. The molecule has 0 saturated heterocycles. The molecular formula is C25H20F3NO5. The molecule has 6 nitrogen and oxygen atoms in total. The average molecular weight is 471 g/mol. The van der Waals surface area contributed by atoms with Crippen LogP contribution in [0.25, 0.3) is 22.0 Å². The van der Waals surface area contributed by atoms with E-state index < -0.39 is 12.3 Å². The third kappa shape index (κ3) is 5.25. The second-order valence-corrected chi connectivity index (χ2v) is 7.70. The molecule has 0 aliphatic rings. The molecule has 1 aromatic heterocycles. The maximum absolute atomic E-state index is 12.3. The Morgan fingerprint density at radius 1 is 0.882 bits per heavy atom. The average Bonchev–Trinajstić information content (AvgIpc) is 3.13. The molecular weight excluding hydrogens is 451 g/mol. The topological polar surface area (TPSA) is 80.8 Å². The van der Waals surface area contributed by atoms with Crippen molar-refractivity contribution in [2.24, 2.45) is 0 Å². The smallest absolute Gasteiger partial charge is 0.491 e. The minimum Gasteiger partial charge on any atom is -0.491 e. The van der Waals surface area contributed by atoms with E-state index >= 15 is 0 Å². The Bertz CT molecular complexity index is 1310. The van der Waals surface area contributed by atoms with Gasteiger partial charge < -0.3 is 24.3 Å². The first kappa shape index (κ1) is 23.0. The standard InChI is InChI=1S/C25H20F3NO5/c1-14(2)32-16-5-3-15(4-6-16)22-20-13-19(11-12-21(20)29-23(22)24(30)31)33-17-7-9-18(10-8-17)34-25(26,27)28/h3-14,29H,1-2H3,(H,30,31). The Morgan fingerprint density at radius 2 is 1.47 bits per heavy atom. The number of carboxylic acids is 1. The minimum atomic E-state index is -4.78. The Morgan fingerprint density at radius 3 is 2.06 bits per heavy atom. The summed E-state index contributed by atoms with van der Waals surface area (Å²) in [5, 5.41) is 10.3. The van der Waals surface area contributed by atoms with E-state index in [9.17, 15) is 23.1 Å². The number of ether oxygens (including phenoxy) is 3. The lowest BCUT2D eigenvalue weighted by atomic mass is 10.0. The Kier molecular flexibility index (Phi) is 6.10. The zero-order valence-corrected chi connectivity index (χ0v) is 18.1. The molecule has 0 unspecified atom stereocenters. The van der Waals surface area contributed by atoms with Gasteiger partial charge in [-0.05, 0) is 74.0 Å². The van der Waals surface area contributed by atoms with Crippen LogP contribution in [0.3, 0.4) is 0 Å². The summed E-state index contributed by atoms with van der Waals surface area (Å²) in [6, 6.07) is 17.1. The van der Waals surface area contributed by atoms with Crippen molar-refractivity contribution in [2.45, 2.75) is 26.3 Å². The maximum Gasteiger partial charge on any atom is 0.573 e. The van der Waals surface area contributed by atoms with Crippen LogP contribution >= 0.6 is 0 Å². The predicted octanol–water partition coefficient (Wildman–Crippen LogP) is 7.01. The zero-order chi connectivity index (χ0) is 24.5. The van der Waals surface area contributed by atoms with Crippen LogP contribution in [-0.2, 0) is 0 Å². The number of carboxylic acid groups (broad SMARTS) is 1. The molecule has 0 aliphatic carbocycles. The maximum atomic E-state index is 12.3. The number of hydrogen-bond donors (Lipinski definition) is 2. The fraction of sp³-hybridized carbons (Fsp3) is 0.160. The van der Waals surface area contributed by atoms with Gasteiger partial charge in [0.15, 0.2) is 0 Å². The highest BCUT2D eigenvalue weighted by Crippen LogP contribution is 2.37. The molecule has 9 heteroatoms. The number of aromatic carboxylic acids is 1. The molecule has 3 aromatic carbocycles. The number of carbonyl (C=O) groups is 1. The van der Waals surface area contributed by atoms with Crippen LogP contribution in [0.5, 0.6) is 23.0 Å². The highest BCUT2D eigenvalue weighted by Gasteiger charge is 2.31. The van der Waals surface area contributed by atoms with Gasteiger partial charge in [0.1, 0.15) is 28.7 Å². The van der Waals surface area contributed by atoms with Crippen molar-refractivity contribution in [2.75, 3.05) is 0 Å². The number of aromatic amines is 1. The monoisotopic (exact) mass is 471 g/mol. The van der Waals surface area contributed by atoms with Crippen LogP contribution in [0.15, 0.2) is 66.7 Å². The van der Waals surface area contributed by atoms with E-state index in [1.807, 2.05) is 13.8 Å². The summed E-state index contributed by atoms with van der Waals surface area (Å²) < 4.78 is 52.3. The third-order valence-electron chi connectivity index (χ3n) is 4.79. The van der Waals surface area contributed by atoms with E-state index in [0.717, 1.165) is 12.1 Å². The normalized spacial score (nSPS) is 11.6. The van der Waals surface area contributed by atoms with Crippen molar-refractivity contribution in [3.8, 4) is 34.1 Å². The first-order chi connectivity index (χ1) is 16.1. The van der Waals surface area contributed by atoms with Gasteiger partial charge in [-0.25, -0.2) is 4.79 Å². The van der Waals surface area contributed by atoms with E-state index in [1.54, 1.807) is 42.5 Å². The Balaban J connectivity index is 1.67. The zero-order valence-electron chi connectivity index (χ0n) is 18.1. The van der Waals surface area contributed by atoms with Crippen molar-refractivity contribution in [1.29, 1.82) is 0 Å². The van der Waals surface area contributed by atoms with Crippen LogP contribution in [-0.4, -0.2) is 28.5 Å². The van der Waals surface area contributed by atoms with Gasteiger partial charge in [0.25, 0.3) is 0 Å². The number of benzene rings is 3. The second-order valence-electron chi connectivity index (χ2n) is 7.70. The molecule has 0 radical (unpaired) electrons. The quantitative estimate of drug-likeness (QED) is 0.303. The highest BCUT2D eigenvalue weighted by molar-refractivity contribution is 6.07. The lowest BCUT2D eigenvalue weighted by Gasteiger charge is -2.11. The van der Waals surface area contributed by atoms with Crippen molar-refractivity contribution in [3.63, 3.8) is 0 Å². The molecule has 176 valence electrons. The Hall–Kier alpha value is -4.14. The number of fused-ring (bicyclic) bond motifs is 1. The van der Waals surface area contributed by atoms with E-state index in [-0.39, 0.29) is 17.5 Å². The number of nitrogens with one attached hydrogen (secondary N) is 1. The summed E-state index contributed by atoms with van der Waals surface area (Å²) in [5.41, 5.74) is 1.78. The van der Waals surface area contributed by atoms with E-state index in [4.69, 9.17) is 9.47 Å². The third-order valence-corrected chi connectivity index (χ3v) is 4.79. The fourth-order valence-corrected chi connectivity index (χ4v) is 3.51. The highest BCUT2D eigenvalue weighted by atomic mass is 19.4. The van der Waals surface area contributed by atoms with E-state index in [1.165, 1.54) is 12.1 Å². The van der Waals surface area contributed by atoms with Gasteiger partial charge in [-0.1, -0.05) is 12.1 Å². The van der Waals surface area contributed by atoms with Gasteiger partial charge in [0, 0.05) is 16.5 Å².